The van der Waals surface area contributed by atoms with E-state index in [1.165, 1.54) is 131 Å². The van der Waals surface area contributed by atoms with Gasteiger partial charge in [0, 0.05) is 98.9 Å². The molecule has 588 valence electrons. The third-order valence-corrected chi connectivity index (χ3v) is 25.1. The van der Waals surface area contributed by atoms with Crippen LogP contribution in [-0.4, -0.2) is 38.2 Å². The highest BCUT2D eigenvalue weighted by molar-refractivity contribution is 6.16. The molecule has 0 radical (unpaired) electrons. The van der Waals surface area contributed by atoms with Gasteiger partial charge in [-0.2, -0.15) is 0 Å². The van der Waals surface area contributed by atoms with Crippen molar-refractivity contribution in [1.82, 2.24) is 38.2 Å². The Balaban J connectivity index is 0.000000142. The van der Waals surface area contributed by atoms with Crippen LogP contribution in [0.25, 0.3) is 233 Å². The first-order valence-corrected chi connectivity index (χ1v) is 42.9. The summed E-state index contributed by atoms with van der Waals surface area (Å²) in [4.78, 5) is 20.3. The summed E-state index contributed by atoms with van der Waals surface area (Å²) in [6.07, 6.45) is 0. The maximum absolute atomic E-state index is 5.09. The van der Waals surface area contributed by atoms with Crippen molar-refractivity contribution < 1.29 is 0 Å². The van der Waals surface area contributed by atoms with Crippen LogP contribution in [0.1, 0.15) is 0 Å². The minimum atomic E-state index is 0.698. The number of benzene rings is 19. The molecule has 25 rings (SSSR count). The van der Waals surface area contributed by atoms with Crippen molar-refractivity contribution in [2.24, 2.45) is 0 Å². The Morgan fingerprint density at radius 1 is 0.143 bits per heavy atom. The number of nitrogens with zero attached hydrogens (tertiary/aromatic N) is 8. The molecular weight excluding hydrogens is 1530 g/mol. The van der Waals surface area contributed by atoms with Crippen LogP contribution in [-0.2, 0) is 0 Å². The minimum Gasteiger partial charge on any atom is -0.309 e. The lowest BCUT2D eigenvalue weighted by Gasteiger charge is -2.12. The molecule has 8 nitrogen and oxygen atoms in total. The molecule has 6 aromatic heterocycles. The van der Waals surface area contributed by atoms with Crippen LogP contribution >= 0.6 is 0 Å². The number of hydrogen-bond donors (Lipinski definition) is 0. The zero-order valence-corrected chi connectivity index (χ0v) is 68.5. The largest absolute Gasteiger partial charge is 0.309 e. The van der Waals surface area contributed by atoms with Gasteiger partial charge in [0.2, 0.25) is 0 Å². The molecule has 0 atom stereocenters. The van der Waals surface area contributed by atoms with Gasteiger partial charge in [0.05, 0.1) is 72.6 Å². The van der Waals surface area contributed by atoms with Gasteiger partial charge >= 0.3 is 0 Å². The summed E-state index contributed by atoms with van der Waals surface area (Å²) < 4.78 is 9.57. The lowest BCUT2D eigenvalue weighted by atomic mass is 9.98. The number of para-hydroxylation sites is 4. The van der Waals surface area contributed by atoms with Crippen LogP contribution < -0.4 is 0 Å². The normalized spacial score (nSPS) is 11.7. The predicted molar refractivity (Wildman–Crippen MR) is 525 cm³/mol. The number of fused-ring (bicyclic) bond motifs is 14. The fourth-order valence-electron chi connectivity index (χ4n) is 19.1. The average Bonchev–Trinajstić information content (AvgIpc) is 1.58. The summed E-state index contributed by atoms with van der Waals surface area (Å²) in [6, 6.07) is 165. The maximum Gasteiger partial charge on any atom is 0.160 e. The van der Waals surface area contributed by atoms with E-state index >= 15 is 0 Å². The Morgan fingerprint density at radius 2 is 0.397 bits per heavy atom. The number of rotatable bonds is 13. The van der Waals surface area contributed by atoms with E-state index in [1.54, 1.807) is 0 Å². The summed E-state index contributed by atoms with van der Waals surface area (Å²) in [6.45, 7) is 0. The Bertz CT molecular complexity index is 8420. The van der Waals surface area contributed by atoms with Gasteiger partial charge in [-0.05, 0) is 201 Å². The molecule has 0 amide bonds. The van der Waals surface area contributed by atoms with Crippen molar-refractivity contribution in [1.29, 1.82) is 0 Å². The molecule has 25 aromatic rings. The molecular formula is C118H76N8. The van der Waals surface area contributed by atoms with Crippen molar-refractivity contribution in [3.8, 4) is 124 Å². The van der Waals surface area contributed by atoms with Crippen LogP contribution in [0, 0.1) is 0 Å². The monoisotopic (exact) mass is 1600 g/mol. The molecule has 126 heavy (non-hydrogen) atoms. The highest BCUT2D eigenvalue weighted by Gasteiger charge is 2.23. The van der Waals surface area contributed by atoms with Crippen LogP contribution in [0.2, 0.25) is 0 Å². The molecule has 0 aliphatic rings. The number of aromatic nitrogens is 8. The molecule has 0 bridgehead atoms. The van der Waals surface area contributed by atoms with E-state index < -0.39 is 0 Å². The molecule has 0 N–H and O–H groups in total. The second-order valence-electron chi connectivity index (χ2n) is 32.4. The van der Waals surface area contributed by atoms with Crippen LogP contribution in [0.4, 0.5) is 0 Å². The van der Waals surface area contributed by atoms with Gasteiger partial charge < -0.3 is 18.3 Å². The van der Waals surface area contributed by atoms with Crippen molar-refractivity contribution in [3.05, 3.63) is 461 Å². The van der Waals surface area contributed by atoms with E-state index in [-0.39, 0.29) is 0 Å². The van der Waals surface area contributed by atoms with E-state index in [9.17, 15) is 0 Å². The fraction of sp³-hybridized carbons (Fsp3) is 0. The Labute approximate surface area is 727 Å². The van der Waals surface area contributed by atoms with Crippen molar-refractivity contribution in [3.63, 3.8) is 0 Å². The van der Waals surface area contributed by atoms with Gasteiger partial charge in [-0.1, -0.05) is 309 Å². The first-order valence-electron chi connectivity index (χ1n) is 42.9. The second-order valence-corrected chi connectivity index (χ2v) is 32.4. The van der Waals surface area contributed by atoms with E-state index in [0.29, 0.717) is 11.6 Å². The summed E-state index contributed by atoms with van der Waals surface area (Å²) in [5.74, 6) is 1.40. The zero-order valence-electron chi connectivity index (χ0n) is 68.5. The molecule has 0 aliphatic carbocycles. The molecule has 8 heteroatoms. The van der Waals surface area contributed by atoms with E-state index in [0.717, 1.165) is 89.8 Å². The van der Waals surface area contributed by atoms with Gasteiger partial charge in [-0.25, -0.2) is 19.9 Å². The van der Waals surface area contributed by atoms with Crippen LogP contribution in [0.5, 0.6) is 0 Å². The van der Waals surface area contributed by atoms with Crippen LogP contribution in [0.15, 0.2) is 461 Å². The van der Waals surface area contributed by atoms with Gasteiger partial charge in [-0.3, -0.25) is 0 Å². The van der Waals surface area contributed by atoms with Gasteiger partial charge in [0.1, 0.15) is 0 Å². The molecule has 0 unspecified atom stereocenters. The second kappa shape index (κ2) is 30.6. The zero-order chi connectivity index (χ0) is 83.1. The highest BCUT2D eigenvalue weighted by Crippen LogP contribution is 2.44. The lowest BCUT2D eigenvalue weighted by Crippen LogP contribution is -1.97. The van der Waals surface area contributed by atoms with E-state index in [1.807, 2.05) is 24.3 Å². The third kappa shape index (κ3) is 12.8. The third-order valence-electron chi connectivity index (χ3n) is 25.1. The summed E-state index contributed by atoms with van der Waals surface area (Å²) in [5, 5.41) is 14.8. The SMILES string of the molecule is c1ccc(-c2cc(-c3ccccc3)nc(-c3ccc(-n4c5ccccc5c5cc(-c6ccc7c(c6)c6ccccc6n7-c6ccc(-c7cccc8ccccc78)cc6)ccc54)cc3)n2)cc1.c1ccc(-c2cc(-c3ccccc3)nc(-c3ccc(-n4c5ccccc5c5cc(-c6ccc7c(c6)c6ccccc6n7-c6cccc7ccccc67)ccc54)cc3)n2)cc1. The van der Waals surface area contributed by atoms with Crippen molar-refractivity contribution in [2.45, 2.75) is 0 Å². The van der Waals surface area contributed by atoms with Gasteiger partial charge in [0.25, 0.3) is 0 Å². The molecule has 0 saturated heterocycles. The van der Waals surface area contributed by atoms with Gasteiger partial charge in [-0.15, -0.1) is 0 Å². The molecule has 0 saturated carbocycles. The smallest absolute Gasteiger partial charge is 0.160 e. The molecule has 19 aromatic carbocycles. The Kier molecular flexibility index (Phi) is 17.8. The van der Waals surface area contributed by atoms with Gasteiger partial charge in [0.15, 0.2) is 11.6 Å². The van der Waals surface area contributed by atoms with Crippen molar-refractivity contribution >= 4 is 109 Å². The maximum atomic E-state index is 5.09. The average molecular weight is 1610 g/mol. The van der Waals surface area contributed by atoms with Crippen molar-refractivity contribution in [2.75, 3.05) is 0 Å². The quantitative estimate of drug-likeness (QED) is 0.115. The summed E-state index contributed by atoms with van der Waals surface area (Å²) in [5.41, 5.74) is 30.9. The number of hydrogen-bond acceptors (Lipinski definition) is 4. The van der Waals surface area contributed by atoms with E-state index in [4.69, 9.17) is 19.9 Å². The lowest BCUT2D eigenvalue weighted by molar-refractivity contribution is 1.16. The van der Waals surface area contributed by atoms with E-state index in [2.05, 4.69) is 455 Å². The first-order chi connectivity index (χ1) is 62.5. The minimum absolute atomic E-state index is 0.698. The molecule has 0 aliphatic heterocycles. The highest BCUT2D eigenvalue weighted by atomic mass is 15.0. The summed E-state index contributed by atoms with van der Waals surface area (Å²) in [7, 11) is 0. The Hall–Kier alpha value is -16.9. The standard InChI is InChI=1S/C62H40N4.C56H36N4/c1-3-15-43(16-4-1)56-40-57(44-17-5-2-6-18-44)64-62(63-56)45-28-34-49(35-29-45)66-59-25-12-10-22-53(59)55-39-47(31-37-61(55)66)46-30-36-60-54(38-46)52-21-9-11-24-58(52)65(60)48-32-26-42(27-33-48)51-23-13-19-41-14-7-8-20-50(41)51;1-3-15-38(16-4-1)49-36-50(39-17-5-2-6-18-39)58-56(57-49)40-26-30-43(31-27-40)59-52-23-11-9-21-45(52)47-34-41(28-32-54(47)59)42-29-33-55-48(35-42)46-22-10-12-24-53(46)60(55)51-25-13-19-37-14-7-8-20-44(37)51/h1-40H;1-36H. The Morgan fingerprint density at radius 3 is 0.754 bits per heavy atom. The molecule has 6 heterocycles. The fourth-order valence-corrected chi connectivity index (χ4v) is 19.1. The summed E-state index contributed by atoms with van der Waals surface area (Å²) >= 11 is 0. The predicted octanol–water partition coefficient (Wildman–Crippen LogP) is 30.7. The van der Waals surface area contributed by atoms with Crippen LogP contribution in [0.3, 0.4) is 0 Å². The molecule has 0 spiro atoms. The molecule has 0 fully saturated rings. The first kappa shape index (κ1) is 73.0. The topological polar surface area (TPSA) is 71.3 Å².